The van der Waals surface area contributed by atoms with E-state index in [1.54, 1.807) is 12.3 Å². The Kier molecular flexibility index (Phi) is 4.18. The maximum Gasteiger partial charge on any atom is 0.272 e. The second-order valence-electron chi connectivity index (χ2n) is 5.09. The number of amides is 1. The van der Waals surface area contributed by atoms with Gasteiger partial charge in [-0.05, 0) is 31.4 Å². The highest BCUT2D eigenvalue weighted by atomic mass is 16.2. The van der Waals surface area contributed by atoms with E-state index in [0.29, 0.717) is 24.2 Å². The molecule has 2 atom stereocenters. The summed E-state index contributed by atoms with van der Waals surface area (Å²) in [5.41, 5.74) is 6.58. The number of carbonyl (C=O) groups is 1. The Balaban J connectivity index is 2.12. The number of hydrogen-bond acceptors (Lipinski definition) is 3. The van der Waals surface area contributed by atoms with Crippen LogP contribution in [0.3, 0.4) is 0 Å². The molecule has 2 N–H and O–H groups in total. The van der Waals surface area contributed by atoms with Gasteiger partial charge in [0.1, 0.15) is 5.69 Å². The van der Waals surface area contributed by atoms with Crippen LogP contribution in [0.5, 0.6) is 0 Å². The third-order valence-corrected chi connectivity index (χ3v) is 3.36. The summed E-state index contributed by atoms with van der Waals surface area (Å²) < 4.78 is 0. The number of nitrogens with zero attached hydrogens (tertiary/aromatic N) is 2. The van der Waals surface area contributed by atoms with Crippen LogP contribution in [0.2, 0.25) is 0 Å². The van der Waals surface area contributed by atoms with Gasteiger partial charge in [0.2, 0.25) is 0 Å². The molecule has 2 rings (SSSR count). The van der Waals surface area contributed by atoms with E-state index in [1.165, 1.54) is 0 Å². The summed E-state index contributed by atoms with van der Waals surface area (Å²) in [6.07, 6.45) is 2.69. The Morgan fingerprint density at radius 3 is 2.84 bits per heavy atom. The molecule has 100 valence electrons. The maximum atomic E-state index is 12.3. The highest BCUT2D eigenvalue weighted by Gasteiger charge is 2.30. The molecule has 1 aromatic heterocycles. The first-order chi connectivity index (χ1) is 9.11. The van der Waals surface area contributed by atoms with Crippen LogP contribution in [-0.2, 0) is 0 Å². The molecule has 1 aliphatic heterocycles. The molecule has 2 unspecified atom stereocenters. The third kappa shape index (κ3) is 3.12. The van der Waals surface area contributed by atoms with Crippen LogP contribution in [0.4, 0.5) is 0 Å². The molecule has 1 aromatic rings. The second kappa shape index (κ2) is 5.85. The second-order valence-corrected chi connectivity index (χ2v) is 5.09. The Morgan fingerprint density at radius 2 is 2.32 bits per heavy atom. The Hall–Kier alpha value is -1.86. The first-order valence-corrected chi connectivity index (χ1v) is 6.57. The van der Waals surface area contributed by atoms with Crippen LogP contribution in [0.15, 0.2) is 18.3 Å². The van der Waals surface area contributed by atoms with Crippen LogP contribution >= 0.6 is 0 Å². The largest absolute Gasteiger partial charge is 0.334 e. The predicted octanol–water partition coefficient (Wildman–Crippen LogP) is 1.26. The van der Waals surface area contributed by atoms with Crippen molar-refractivity contribution in [3.05, 3.63) is 29.6 Å². The lowest BCUT2D eigenvalue weighted by Crippen LogP contribution is -2.34. The fourth-order valence-corrected chi connectivity index (χ4v) is 2.48. The number of hydrogen-bond donors (Lipinski definition) is 1. The van der Waals surface area contributed by atoms with Crippen molar-refractivity contribution >= 4 is 5.91 Å². The zero-order valence-corrected chi connectivity index (χ0v) is 11.4. The average molecular weight is 257 g/mol. The minimum absolute atomic E-state index is 0.00943. The molecule has 0 saturated carbocycles. The summed E-state index contributed by atoms with van der Waals surface area (Å²) in [4.78, 5) is 18.4. The summed E-state index contributed by atoms with van der Waals surface area (Å²) in [6.45, 7) is 5.39. The minimum atomic E-state index is 0.00943. The number of rotatable bonds is 1. The van der Waals surface area contributed by atoms with Crippen molar-refractivity contribution in [3.63, 3.8) is 0 Å². The van der Waals surface area contributed by atoms with Gasteiger partial charge in [-0.1, -0.05) is 18.8 Å². The molecular weight excluding hydrogens is 238 g/mol. The Bertz CT molecular complexity index is 512. The van der Waals surface area contributed by atoms with Gasteiger partial charge in [-0.2, -0.15) is 0 Å². The monoisotopic (exact) mass is 257 g/mol. The fraction of sp³-hybridized carbons (Fsp3) is 0.467. The topological polar surface area (TPSA) is 59.2 Å². The standard InChI is InChI=1S/C15H19N3O/c1-11-8-12(2)18(10-11)15(19)14-6-5-13(9-17-14)4-3-7-16/h5-6,9,11-12H,7-8,10,16H2,1-2H3. The lowest BCUT2D eigenvalue weighted by atomic mass is 10.1. The van der Waals surface area contributed by atoms with Gasteiger partial charge in [-0.25, -0.2) is 4.98 Å². The van der Waals surface area contributed by atoms with Crippen LogP contribution in [-0.4, -0.2) is 34.9 Å². The summed E-state index contributed by atoms with van der Waals surface area (Å²) >= 11 is 0. The van der Waals surface area contributed by atoms with Gasteiger partial charge >= 0.3 is 0 Å². The van der Waals surface area contributed by atoms with E-state index in [0.717, 1.165) is 18.5 Å². The zero-order chi connectivity index (χ0) is 13.8. The quantitative estimate of drug-likeness (QED) is 0.771. The zero-order valence-electron chi connectivity index (χ0n) is 11.4. The van der Waals surface area contributed by atoms with E-state index < -0.39 is 0 Å². The lowest BCUT2D eigenvalue weighted by Gasteiger charge is -2.20. The molecule has 1 fully saturated rings. The molecule has 0 aliphatic carbocycles. The van der Waals surface area contributed by atoms with Crippen LogP contribution in [0.25, 0.3) is 0 Å². The van der Waals surface area contributed by atoms with Gasteiger partial charge in [-0.3, -0.25) is 4.79 Å². The minimum Gasteiger partial charge on any atom is -0.334 e. The number of likely N-dealkylation sites (tertiary alicyclic amines) is 1. The lowest BCUT2D eigenvalue weighted by molar-refractivity contribution is 0.0738. The van der Waals surface area contributed by atoms with Gasteiger partial charge in [0.15, 0.2) is 0 Å². The smallest absolute Gasteiger partial charge is 0.272 e. The van der Waals surface area contributed by atoms with E-state index >= 15 is 0 Å². The van der Waals surface area contributed by atoms with Crippen molar-refractivity contribution in [2.45, 2.75) is 26.3 Å². The van der Waals surface area contributed by atoms with E-state index in [4.69, 9.17) is 5.73 Å². The molecule has 4 heteroatoms. The average Bonchev–Trinajstić information content (AvgIpc) is 2.75. The predicted molar refractivity (Wildman–Crippen MR) is 74.4 cm³/mol. The summed E-state index contributed by atoms with van der Waals surface area (Å²) in [5.74, 6) is 6.23. The molecule has 4 nitrogen and oxygen atoms in total. The van der Waals surface area contributed by atoms with Gasteiger partial charge in [-0.15, -0.1) is 0 Å². The number of nitrogens with two attached hydrogens (primary N) is 1. The number of pyridine rings is 1. The van der Waals surface area contributed by atoms with Crippen molar-refractivity contribution in [1.82, 2.24) is 9.88 Å². The fourth-order valence-electron chi connectivity index (χ4n) is 2.48. The summed E-state index contributed by atoms with van der Waals surface area (Å²) in [5, 5.41) is 0. The molecule has 0 aromatic carbocycles. The van der Waals surface area contributed by atoms with Crippen molar-refractivity contribution in [2.75, 3.05) is 13.1 Å². The number of aromatic nitrogens is 1. The van der Waals surface area contributed by atoms with E-state index in [1.807, 2.05) is 11.0 Å². The number of carbonyl (C=O) groups excluding carboxylic acids is 1. The molecule has 0 spiro atoms. The van der Waals surface area contributed by atoms with Gasteiger partial charge in [0, 0.05) is 24.3 Å². The normalized spacial score (nSPS) is 21.9. The summed E-state index contributed by atoms with van der Waals surface area (Å²) in [7, 11) is 0. The van der Waals surface area contributed by atoms with E-state index in [2.05, 4.69) is 30.7 Å². The van der Waals surface area contributed by atoms with Crippen molar-refractivity contribution < 1.29 is 4.79 Å². The van der Waals surface area contributed by atoms with Gasteiger partial charge in [0.05, 0.1) is 6.54 Å². The first kappa shape index (κ1) is 13.6. The van der Waals surface area contributed by atoms with E-state index in [9.17, 15) is 4.79 Å². The highest BCUT2D eigenvalue weighted by Crippen LogP contribution is 2.23. The Labute approximate surface area is 114 Å². The molecule has 2 heterocycles. The molecular formula is C15H19N3O. The maximum absolute atomic E-state index is 12.3. The van der Waals surface area contributed by atoms with Gasteiger partial charge in [0.25, 0.3) is 5.91 Å². The first-order valence-electron chi connectivity index (χ1n) is 6.57. The van der Waals surface area contributed by atoms with Crippen molar-refractivity contribution in [3.8, 4) is 11.8 Å². The van der Waals surface area contributed by atoms with Crippen LogP contribution in [0.1, 0.15) is 36.3 Å². The third-order valence-electron chi connectivity index (χ3n) is 3.36. The SMILES string of the molecule is CC1CC(C)N(C(=O)c2ccc(C#CCN)cn2)C1. The molecule has 1 aliphatic rings. The van der Waals surface area contributed by atoms with E-state index in [-0.39, 0.29) is 5.91 Å². The highest BCUT2D eigenvalue weighted by molar-refractivity contribution is 5.92. The van der Waals surface area contributed by atoms with Crippen LogP contribution in [0, 0.1) is 17.8 Å². The molecule has 0 radical (unpaired) electrons. The Morgan fingerprint density at radius 1 is 1.53 bits per heavy atom. The molecule has 1 saturated heterocycles. The van der Waals surface area contributed by atoms with Crippen LogP contribution < -0.4 is 5.73 Å². The molecule has 19 heavy (non-hydrogen) atoms. The summed E-state index contributed by atoms with van der Waals surface area (Å²) in [6, 6.07) is 3.84. The molecule has 0 bridgehead atoms. The van der Waals surface area contributed by atoms with Gasteiger partial charge < -0.3 is 10.6 Å². The molecule has 1 amide bonds. The van der Waals surface area contributed by atoms with Crippen molar-refractivity contribution in [1.29, 1.82) is 0 Å². The van der Waals surface area contributed by atoms with Crippen molar-refractivity contribution in [2.24, 2.45) is 11.7 Å².